The van der Waals surface area contributed by atoms with Crippen LogP contribution in [-0.4, -0.2) is 25.7 Å². The highest BCUT2D eigenvalue weighted by atomic mass is 35.5. The molecule has 102 valence electrons. The van der Waals surface area contributed by atoms with Gasteiger partial charge in [0.2, 0.25) is 0 Å². The largest absolute Gasteiger partial charge is 0.338 e. The van der Waals surface area contributed by atoms with Crippen LogP contribution in [0.25, 0.3) is 0 Å². The van der Waals surface area contributed by atoms with Gasteiger partial charge < -0.3 is 14.4 Å². The van der Waals surface area contributed by atoms with Crippen LogP contribution in [0.2, 0.25) is 5.02 Å². The molecule has 2 heterocycles. The quantitative estimate of drug-likeness (QED) is 0.837. The second-order valence-corrected chi connectivity index (χ2v) is 5.17. The molecule has 0 bridgehead atoms. The zero-order valence-electron chi connectivity index (χ0n) is 10.8. The van der Waals surface area contributed by atoms with Crippen molar-refractivity contribution in [2.24, 2.45) is 0 Å². The molecule has 0 radical (unpaired) electrons. The van der Waals surface area contributed by atoms with Crippen molar-refractivity contribution in [1.29, 1.82) is 0 Å². The van der Waals surface area contributed by atoms with Gasteiger partial charge in [-0.3, -0.25) is 4.79 Å². The predicted octanol–water partition coefficient (Wildman–Crippen LogP) is 2.69. The Kier molecular flexibility index (Phi) is 3.25. The first kappa shape index (κ1) is 12.9. The Morgan fingerprint density at radius 2 is 2.11 bits per heavy atom. The van der Waals surface area contributed by atoms with Crippen molar-refractivity contribution >= 4 is 23.2 Å². The molecule has 0 saturated carbocycles. The molecular formula is C14H16ClNO3. The van der Waals surface area contributed by atoms with E-state index in [0.29, 0.717) is 24.8 Å². The number of nitrogens with zero attached hydrogens (tertiary/aromatic N) is 1. The van der Waals surface area contributed by atoms with Gasteiger partial charge in [0.15, 0.2) is 0 Å². The molecule has 19 heavy (non-hydrogen) atoms. The standard InChI is InChI=1S/C14H16ClNO3/c1-2-7-16-12-10(5-3-6-11(12)15)14(13(16)17)18-8-4-9-19-14/h3,5-6H,2,4,7-9H2,1H3. The number of amides is 1. The SMILES string of the molecule is CCCN1C(=O)C2(OCCCO2)c2cccc(Cl)c21. The number of hydrogen-bond donors (Lipinski definition) is 0. The maximum Gasteiger partial charge on any atom is 0.292 e. The first-order valence-electron chi connectivity index (χ1n) is 6.59. The van der Waals surface area contributed by atoms with E-state index in [4.69, 9.17) is 21.1 Å². The number of carbonyl (C=O) groups excluding carboxylic acids is 1. The van der Waals surface area contributed by atoms with Crippen molar-refractivity contribution in [2.45, 2.75) is 25.6 Å². The van der Waals surface area contributed by atoms with E-state index in [1.807, 2.05) is 19.1 Å². The molecule has 5 heteroatoms. The number of fused-ring (bicyclic) bond motifs is 2. The summed E-state index contributed by atoms with van der Waals surface area (Å²) >= 11 is 6.26. The Morgan fingerprint density at radius 1 is 1.37 bits per heavy atom. The van der Waals surface area contributed by atoms with Crippen molar-refractivity contribution in [3.05, 3.63) is 28.8 Å². The molecule has 2 aliphatic rings. The van der Waals surface area contributed by atoms with E-state index < -0.39 is 5.79 Å². The topological polar surface area (TPSA) is 38.8 Å². The number of rotatable bonds is 2. The van der Waals surface area contributed by atoms with Crippen LogP contribution in [0, 0.1) is 0 Å². The van der Waals surface area contributed by atoms with Gasteiger partial charge in [-0.05, 0) is 18.9 Å². The van der Waals surface area contributed by atoms with Crippen molar-refractivity contribution < 1.29 is 14.3 Å². The number of carbonyl (C=O) groups is 1. The van der Waals surface area contributed by atoms with Crippen molar-refractivity contribution in [3.63, 3.8) is 0 Å². The fourth-order valence-electron chi connectivity index (χ4n) is 2.70. The van der Waals surface area contributed by atoms with Crippen LogP contribution in [0.4, 0.5) is 5.69 Å². The Balaban J connectivity index is 2.14. The molecule has 1 aromatic rings. The van der Waals surface area contributed by atoms with E-state index in [0.717, 1.165) is 24.1 Å². The number of benzene rings is 1. The molecule has 0 unspecified atom stereocenters. The zero-order valence-corrected chi connectivity index (χ0v) is 11.6. The zero-order chi connectivity index (χ0) is 13.5. The van der Waals surface area contributed by atoms with Crippen LogP contribution in [0.15, 0.2) is 18.2 Å². The van der Waals surface area contributed by atoms with E-state index in [1.165, 1.54) is 0 Å². The monoisotopic (exact) mass is 281 g/mol. The number of anilines is 1. The van der Waals surface area contributed by atoms with Gasteiger partial charge in [-0.25, -0.2) is 0 Å². The van der Waals surface area contributed by atoms with E-state index in [9.17, 15) is 4.79 Å². The summed E-state index contributed by atoms with van der Waals surface area (Å²) in [7, 11) is 0. The normalized spacial score (nSPS) is 20.9. The van der Waals surface area contributed by atoms with Gasteiger partial charge >= 0.3 is 0 Å². The minimum Gasteiger partial charge on any atom is -0.338 e. The van der Waals surface area contributed by atoms with Crippen LogP contribution in [0.1, 0.15) is 25.3 Å². The Labute approximate surface area is 117 Å². The molecule has 0 atom stereocenters. The minimum atomic E-state index is -1.27. The summed E-state index contributed by atoms with van der Waals surface area (Å²) < 4.78 is 11.4. The highest BCUT2D eigenvalue weighted by molar-refractivity contribution is 6.35. The van der Waals surface area contributed by atoms with E-state index in [-0.39, 0.29) is 5.91 Å². The molecule has 1 amide bonds. The minimum absolute atomic E-state index is 0.155. The lowest BCUT2D eigenvalue weighted by molar-refractivity contribution is -0.256. The summed E-state index contributed by atoms with van der Waals surface area (Å²) in [5.74, 6) is -1.43. The number of para-hydroxylation sites is 1. The molecule has 1 aromatic carbocycles. The number of ether oxygens (including phenoxy) is 2. The maximum atomic E-state index is 12.7. The molecule has 0 N–H and O–H groups in total. The van der Waals surface area contributed by atoms with Gasteiger partial charge in [0.25, 0.3) is 11.7 Å². The predicted molar refractivity (Wildman–Crippen MR) is 72.3 cm³/mol. The highest BCUT2D eigenvalue weighted by Crippen LogP contribution is 2.48. The summed E-state index contributed by atoms with van der Waals surface area (Å²) in [6.07, 6.45) is 1.66. The summed E-state index contributed by atoms with van der Waals surface area (Å²) in [5.41, 5.74) is 1.47. The molecule has 4 nitrogen and oxygen atoms in total. The Morgan fingerprint density at radius 3 is 2.79 bits per heavy atom. The van der Waals surface area contributed by atoms with E-state index >= 15 is 0 Å². The maximum absolute atomic E-state index is 12.7. The molecule has 0 aromatic heterocycles. The average molecular weight is 282 g/mol. The van der Waals surface area contributed by atoms with Crippen molar-refractivity contribution in [2.75, 3.05) is 24.7 Å². The van der Waals surface area contributed by atoms with Gasteiger partial charge in [0, 0.05) is 12.1 Å². The molecule has 2 aliphatic heterocycles. The van der Waals surface area contributed by atoms with Crippen LogP contribution in [0.5, 0.6) is 0 Å². The average Bonchev–Trinajstić information content (AvgIpc) is 2.65. The van der Waals surface area contributed by atoms with E-state index in [2.05, 4.69) is 0 Å². The molecule has 1 spiro atoms. The van der Waals surface area contributed by atoms with Crippen LogP contribution in [0.3, 0.4) is 0 Å². The lowest BCUT2D eigenvalue weighted by atomic mass is 10.1. The molecular weight excluding hydrogens is 266 g/mol. The van der Waals surface area contributed by atoms with Gasteiger partial charge in [0.1, 0.15) is 0 Å². The Hall–Kier alpha value is -1.10. The van der Waals surface area contributed by atoms with Gasteiger partial charge in [-0.15, -0.1) is 0 Å². The third-order valence-corrected chi connectivity index (χ3v) is 3.79. The van der Waals surface area contributed by atoms with Crippen LogP contribution < -0.4 is 4.90 Å². The first-order chi connectivity index (χ1) is 9.20. The third kappa shape index (κ3) is 1.78. The molecule has 0 aliphatic carbocycles. The molecule has 3 rings (SSSR count). The highest BCUT2D eigenvalue weighted by Gasteiger charge is 2.55. The second kappa shape index (κ2) is 4.78. The Bertz CT molecular complexity index is 511. The number of halogens is 1. The number of hydrogen-bond acceptors (Lipinski definition) is 3. The lowest BCUT2D eigenvalue weighted by Crippen LogP contribution is -2.47. The van der Waals surface area contributed by atoms with Gasteiger partial charge in [0.05, 0.1) is 23.9 Å². The van der Waals surface area contributed by atoms with Crippen LogP contribution in [-0.2, 0) is 20.1 Å². The van der Waals surface area contributed by atoms with Crippen molar-refractivity contribution in [1.82, 2.24) is 0 Å². The van der Waals surface area contributed by atoms with Gasteiger partial charge in [-0.2, -0.15) is 0 Å². The summed E-state index contributed by atoms with van der Waals surface area (Å²) in [4.78, 5) is 14.4. The van der Waals surface area contributed by atoms with Crippen LogP contribution >= 0.6 is 11.6 Å². The fraction of sp³-hybridized carbons (Fsp3) is 0.500. The lowest BCUT2D eigenvalue weighted by Gasteiger charge is -2.32. The van der Waals surface area contributed by atoms with Crippen molar-refractivity contribution in [3.8, 4) is 0 Å². The smallest absolute Gasteiger partial charge is 0.292 e. The third-order valence-electron chi connectivity index (χ3n) is 3.48. The van der Waals surface area contributed by atoms with E-state index in [1.54, 1.807) is 11.0 Å². The second-order valence-electron chi connectivity index (χ2n) is 4.76. The molecule has 1 fully saturated rings. The van der Waals surface area contributed by atoms with Gasteiger partial charge in [-0.1, -0.05) is 30.7 Å². The molecule has 1 saturated heterocycles. The summed E-state index contributed by atoms with van der Waals surface area (Å²) in [6, 6.07) is 5.48. The first-order valence-corrected chi connectivity index (χ1v) is 6.97. The summed E-state index contributed by atoms with van der Waals surface area (Å²) in [5, 5.41) is 0.564. The fourth-order valence-corrected chi connectivity index (χ4v) is 2.97. The summed E-state index contributed by atoms with van der Waals surface area (Å²) in [6.45, 7) is 3.69.